The molecule has 138 valence electrons. The van der Waals surface area contributed by atoms with Gasteiger partial charge in [-0.3, -0.25) is 9.59 Å². The Morgan fingerprint density at radius 1 is 1.27 bits per heavy atom. The number of aromatic nitrogens is 1. The summed E-state index contributed by atoms with van der Waals surface area (Å²) in [5.74, 6) is -1.62. The van der Waals surface area contributed by atoms with Gasteiger partial charge < -0.3 is 10.6 Å². The zero-order chi connectivity index (χ0) is 18.9. The molecule has 1 aromatic carbocycles. The van der Waals surface area contributed by atoms with Crippen LogP contribution in [-0.4, -0.2) is 28.7 Å². The highest BCUT2D eigenvalue weighted by Gasteiger charge is 2.40. The highest BCUT2D eigenvalue weighted by atomic mass is 35.5. The van der Waals surface area contributed by atoms with Gasteiger partial charge in [-0.15, -0.1) is 22.9 Å². The third-order valence-electron chi connectivity index (χ3n) is 4.03. The Kier molecular flexibility index (Phi) is 5.19. The molecule has 26 heavy (non-hydrogen) atoms. The van der Waals surface area contributed by atoms with E-state index in [0.717, 1.165) is 16.6 Å². The van der Waals surface area contributed by atoms with Gasteiger partial charge in [-0.1, -0.05) is 24.3 Å². The van der Waals surface area contributed by atoms with Crippen LogP contribution in [0.1, 0.15) is 32.5 Å². The van der Waals surface area contributed by atoms with Crippen molar-refractivity contribution < 1.29 is 22.8 Å². The van der Waals surface area contributed by atoms with Crippen LogP contribution in [0.15, 0.2) is 29.8 Å². The van der Waals surface area contributed by atoms with Crippen molar-refractivity contribution in [3.05, 3.63) is 51.5 Å². The first kappa shape index (κ1) is 18.7. The lowest BCUT2D eigenvalue weighted by Gasteiger charge is -2.22. The number of fused-ring (bicyclic) bond motifs is 1. The number of benzene rings is 1. The average molecular weight is 404 g/mol. The summed E-state index contributed by atoms with van der Waals surface area (Å²) >= 11 is 5.89. The summed E-state index contributed by atoms with van der Waals surface area (Å²) in [6.45, 7) is 0. The Morgan fingerprint density at radius 2 is 2.00 bits per heavy atom. The van der Waals surface area contributed by atoms with Crippen molar-refractivity contribution in [1.29, 1.82) is 0 Å². The van der Waals surface area contributed by atoms with E-state index in [2.05, 4.69) is 15.6 Å². The number of hydrogen-bond donors (Lipinski definition) is 2. The number of alkyl halides is 4. The number of nitrogens with one attached hydrogen (secondary N) is 2. The van der Waals surface area contributed by atoms with Crippen molar-refractivity contribution in [3.8, 4) is 0 Å². The average Bonchev–Trinajstić information content (AvgIpc) is 3.20. The largest absolute Gasteiger partial charge is 0.427 e. The summed E-state index contributed by atoms with van der Waals surface area (Å²) in [4.78, 5) is 26.6. The molecule has 2 atom stereocenters. The highest BCUT2D eigenvalue weighted by Crippen LogP contribution is 2.35. The molecule has 3 rings (SSSR count). The summed E-state index contributed by atoms with van der Waals surface area (Å²) in [5.41, 5.74) is 2.01. The molecule has 0 spiro atoms. The predicted octanol–water partition coefficient (Wildman–Crippen LogP) is 2.91. The Balaban J connectivity index is 1.83. The van der Waals surface area contributed by atoms with Crippen LogP contribution in [0.3, 0.4) is 0 Å². The van der Waals surface area contributed by atoms with Crippen LogP contribution in [0.5, 0.6) is 0 Å². The number of rotatable bonds is 4. The lowest BCUT2D eigenvalue weighted by molar-refractivity contribution is -0.134. The first-order valence-electron chi connectivity index (χ1n) is 7.56. The molecule has 1 heterocycles. The van der Waals surface area contributed by atoms with E-state index in [1.54, 1.807) is 12.1 Å². The van der Waals surface area contributed by atoms with Crippen LogP contribution in [0.2, 0.25) is 0 Å². The molecule has 1 aliphatic carbocycles. The van der Waals surface area contributed by atoms with Gasteiger partial charge in [0.1, 0.15) is 10.8 Å². The van der Waals surface area contributed by atoms with E-state index < -0.39 is 40.6 Å². The second-order valence-electron chi connectivity index (χ2n) is 5.69. The number of carbonyl (C=O) groups excluding carboxylic acids is 2. The fraction of sp³-hybridized carbons (Fsp3) is 0.312. The molecular weight excluding hydrogens is 391 g/mol. The van der Waals surface area contributed by atoms with E-state index in [9.17, 15) is 22.8 Å². The van der Waals surface area contributed by atoms with Gasteiger partial charge in [-0.05, 0) is 17.5 Å². The summed E-state index contributed by atoms with van der Waals surface area (Å²) in [7, 11) is 0. The van der Waals surface area contributed by atoms with Crippen molar-refractivity contribution in [2.45, 2.75) is 24.7 Å². The maximum atomic E-state index is 13.0. The SMILES string of the molecule is O=C(CCl)N[C@@H]1c2ccccc2C[C@H]1NC(=O)c1ncsc1C(F)(F)F. The minimum atomic E-state index is -4.65. The van der Waals surface area contributed by atoms with Gasteiger partial charge in [0.2, 0.25) is 5.91 Å². The molecule has 2 N–H and O–H groups in total. The molecule has 5 nitrogen and oxygen atoms in total. The van der Waals surface area contributed by atoms with Crippen molar-refractivity contribution in [3.63, 3.8) is 0 Å². The van der Waals surface area contributed by atoms with Gasteiger partial charge >= 0.3 is 6.18 Å². The van der Waals surface area contributed by atoms with E-state index in [4.69, 9.17) is 11.6 Å². The summed E-state index contributed by atoms with van der Waals surface area (Å²) < 4.78 is 39.0. The van der Waals surface area contributed by atoms with Gasteiger partial charge in [0.15, 0.2) is 5.69 Å². The van der Waals surface area contributed by atoms with Gasteiger partial charge in [0.25, 0.3) is 5.91 Å². The first-order chi connectivity index (χ1) is 12.3. The molecule has 0 aliphatic heterocycles. The fourth-order valence-corrected chi connectivity index (χ4v) is 3.70. The van der Waals surface area contributed by atoms with Crippen LogP contribution >= 0.6 is 22.9 Å². The van der Waals surface area contributed by atoms with Crippen LogP contribution in [0.25, 0.3) is 0 Å². The van der Waals surface area contributed by atoms with E-state index in [-0.39, 0.29) is 5.88 Å². The molecule has 0 fully saturated rings. The zero-order valence-corrected chi connectivity index (χ0v) is 14.7. The molecular formula is C16H13ClF3N3O2S. The van der Waals surface area contributed by atoms with Crippen LogP contribution in [-0.2, 0) is 17.4 Å². The van der Waals surface area contributed by atoms with Crippen molar-refractivity contribution >= 4 is 34.8 Å². The first-order valence-corrected chi connectivity index (χ1v) is 8.97. The number of amides is 2. The lowest BCUT2D eigenvalue weighted by Crippen LogP contribution is -2.45. The topological polar surface area (TPSA) is 71.1 Å². The number of nitrogens with zero attached hydrogens (tertiary/aromatic N) is 1. The standard InChI is InChI=1S/C16H13ClF3N3O2S/c17-6-11(24)23-12-9-4-2-1-3-8(9)5-10(12)22-15(25)13-14(16(18,19)20)26-7-21-13/h1-4,7,10,12H,5-6H2,(H,22,25)(H,23,24)/t10-,12-/m1/s1. The van der Waals surface area contributed by atoms with Crippen molar-refractivity contribution in [2.24, 2.45) is 0 Å². The second kappa shape index (κ2) is 7.24. The Bertz CT molecular complexity index is 840. The monoisotopic (exact) mass is 403 g/mol. The van der Waals surface area contributed by atoms with Gasteiger partial charge in [-0.2, -0.15) is 13.2 Å². The third kappa shape index (κ3) is 3.68. The molecule has 1 aromatic heterocycles. The van der Waals surface area contributed by atoms with Crippen LogP contribution in [0, 0.1) is 0 Å². The molecule has 10 heteroatoms. The van der Waals surface area contributed by atoms with E-state index in [1.165, 1.54) is 0 Å². The van der Waals surface area contributed by atoms with E-state index >= 15 is 0 Å². The van der Waals surface area contributed by atoms with Crippen molar-refractivity contribution in [1.82, 2.24) is 15.6 Å². The minimum Gasteiger partial charge on any atom is -0.346 e. The number of hydrogen-bond acceptors (Lipinski definition) is 4. The zero-order valence-electron chi connectivity index (χ0n) is 13.1. The highest BCUT2D eigenvalue weighted by molar-refractivity contribution is 7.10. The number of halogens is 4. The number of thiazole rings is 1. The maximum Gasteiger partial charge on any atom is 0.427 e. The molecule has 0 unspecified atom stereocenters. The predicted molar refractivity (Wildman–Crippen MR) is 90.1 cm³/mol. The van der Waals surface area contributed by atoms with Crippen LogP contribution in [0.4, 0.5) is 13.2 Å². The minimum absolute atomic E-state index is 0.260. The third-order valence-corrected chi connectivity index (χ3v) is 5.14. The molecule has 2 amide bonds. The molecule has 0 bridgehead atoms. The smallest absolute Gasteiger partial charge is 0.346 e. The molecule has 0 radical (unpaired) electrons. The maximum absolute atomic E-state index is 13.0. The normalized spacial score (nSPS) is 19.1. The summed E-state index contributed by atoms with van der Waals surface area (Å²) in [6, 6.07) is 6.05. The quantitative estimate of drug-likeness (QED) is 0.771. The van der Waals surface area contributed by atoms with Crippen LogP contribution < -0.4 is 10.6 Å². The Hall–Kier alpha value is -2.13. The van der Waals surface area contributed by atoms with Gasteiger partial charge in [0.05, 0.1) is 17.6 Å². The van der Waals surface area contributed by atoms with E-state index in [1.807, 2.05) is 12.1 Å². The molecule has 2 aromatic rings. The van der Waals surface area contributed by atoms with E-state index in [0.29, 0.717) is 17.8 Å². The molecule has 0 saturated carbocycles. The molecule has 1 aliphatic rings. The second-order valence-corrected chi connectivity index (χ2v) is 6.81. The summed E-state index contributed by atoms with van der Waals surface area (Å²) in [5, 5.41) is 5.27. The fourth-order valence-electron chi connectivity index (χ4n) is 2.97. The van der Waals surface area contributed by atoms with Gasteiger partial charge in [-0.25, -0.2) is 4.98 Å². The Labute approximate surface area is 155 Å². The lowest BCUT2D eigenvalue weighted by atomic mass is 10.1. The van der Waals surface area contributed by atoms with Crippen molar-refractivity contribution in [2.75, 3.05) is 5.88 Å². The number of carbonyl (C=O) groups is 2. The Morgan fingerprint density at radius 3 is 2.69 bits per heavy atom. The molecule has 0 saturated heterocycles. The van der Waals surface area contributed by atoms with Gasteiger partial charge in [0, 0.05) is 0 Å². The summed E-state index contributed by atoms with van der Waals surface area (Å²) in [6.07, 6.45) is -4.28.